The summed E-state index contributed by atoms with van der Waals surface area (Å²) in [6.07, 6.45) is 7.43. The quantitative estimate of drug-likeness (QED) is 0.725. The van der Waals surface area contributed by atoms with Crippen molar-refractivity contribution in [1.29, 1.82) is 0 Å². The van der Waals surface area contributed by atoms with Crippen LogP contribution < -0.4 is 0 Å². The van der Waals surface area contributed by atoms with E-state index >= 15 is 0 Å². The van der Waals surface area contributed by atoms with Gasteiger partial charge in [-0.15, -0.1) is 0 Å². The third-order valence-corrected chi connectivity index (χ3v) is 10.4. The summed E-state index contributed by atoms with van der Waals surface area (Å²) in [5, 5.41) is 4.73. The molecule has 3 unspecified atom stereocenters. The van der Waals surface area contributed by atoms with Gasteiger partial charge in [-0.1, -0.05) is 0 Å². The Bertz CT molecular complexity index is 1100. The molecule has 4 aliphatic rings. The number of likely N-dealkylation sites (tertiary alicyclic amines) is 1. The average Bonchev–Trinajstić information content (AvgIpc) is 3.07. The average molecular weight is 445 g/mol. The van der Waals surface area contributed by atoms with Gasteiger partial charge in [0.25, 0.3) is 0 Å². The summed E-state index contributed by atoms with van der Waals surface area (Å²) in [7, 11) is -2.74. The van der Waals surface area contributed by atoms with E-state index in [1.54, 1.807) is 6.20 Å². The van der Waals surface area contributed by atoms with Crippen molar-refractivity contribution in [1.82, 2.24) is 19.7 Å². The molecule has 0 radical (unpaired) electrons. The molecule has 2 aromatic heterocycles. The maximum absolute atomic E-state index is 13.6. The van der Waals surface area contributed by atoms with Gasteiger partial charge in [-0.05, 0) is 69.7 Å². The molecule has 4 atom stereocenters. The molecular formula is C23H29FN4O2S. The van der Waals surface area contributed by atoms with Gasteiger partial charge in [0, 0.05) is 41.4 Å². The second-order valence-corrected chi connectivity index (χ2v) is 12.3. The molecule has 0 amide bonds. The Kier molecular flexibility index (Phi) is 4.39. The normalized spacial score (nSPS) is 33.2. The van der Waals surface area contributed by atoms with Gasteiger partial charge < -0.3 is 4.90 Å². The lowest BCUT2D eigenvalue weighted by Gasteiger charge is -2.48. The molecule has 2 aliphatic heterocycles. The molecule has 8 heteroatoms. The van der Waals surface area contributed by atoms with Crippen molar-refractivity contribution in [2.24, 2.45) is 17.3 Å². The molecule has 0 N–H and O–H groups in total. The van der Waals surface area contributed by atoms with E-state index < -0.39 is 9.84 Å². The fraction of sp³-hybridized carbons (Fsp3) is 0.652. The van der Waals surface area contributed by atoms with Crippen LogP contribution in [0.3, 0.4) is 0 Å². The van der Waals surface area contributed by atoms with Crippen LogP contribution in [0.25, 0.3) is 11.3 Å². The highest BCUT2D eigenvalue weighted by atomic mass is 32.2. The zero-order chi connectivity index (χ0) is 21.4. The topological polar surface area (TPSA) is 68.1 Å². The summed E-state index contributed by atoms with van der Waals surface area (Å²) < 4.78 is 39.0. The van der Waals surface area contributed by atoms with E-state index in [2.05, 4.69) is 27.6 Å². The van der Waals surface area contributed by atoms with Crippen molar-refractivity contribution in [3.8, 4) is 11.3 Å². The van der Waals surface area contributed by atoms with Crippen LogP contribution in [-0.2, 0) is 16.4 Å². The van der Waals surface area contributed by atoms with Crippen molar-refractivity contribution < 1.29 is 12.8 Å². The SMILES string of the molecule is CCn1nc(-c2cncc(F)c2)cc1C1C2CC(N3CCC4(CC3)CS(=O)(=O)C4)C[C@H]21. The van der Waals surface area contributed by atoms with Crippen molar-refractivity contribution in [2.45, 2.75) is 51.1 Å². The zero-order valence-corrected chi connectivity index (χ0v) is 18.7. The molecular weight excluding hydrogens is 415 g/mol. The van der Waals surface area contributed by atoms with Gasteiger partial charge in [0.2, 0.25) is 0 Å². The lowest BCUT2D eigenvalue weighted by Crippen LogP contribution is -2.55. The number of piperidine rings is 1. The van der Waals surface area contributed by atoms with Gasteiger partial charge in [0.05, 0.1) is 23.4 Å². The van der Waals surface area contributed by atoms with Crippen LogP contribution >= 0.6 is 0 Å². The molecule has 2 saturated carbocycles. The summed E-state index contributed by atoms with van der Waals surface area (Å²) >= 11 is 0. The summed E-state index contributed by atoms with van der Waals surface area (Å²) in [6, 6.07) is 4.28. The molecule has 2 aromatic rings. The van der Waals surface area contributed by atoms with Gasteiger partial charge in [-0.25, -0.2) is 12.8 Å². The summed E-state index contributed by atoms with van der Waals surface area (Å²) in [5.74, 6) is 2.48. The van der Waals surface area contributed by atoms with E-state index in [1.807, 2.05) is 0 Å². The smallest absolute Gasteiger partial charge is 0.151 e. The molecule has 0 bridgehead atoms. The maximum Gasteiger partial charge on any atom is 0.151 e. The fourth-order valence-electron chi connectivity index (χ4n) is 6.74. The number of nitrogens with zero attached hydrogens (tertiary/aromatic N) is 4. The van der Waals surface area contributed by atoms with E-state index in [0.717, 1.165) is 43.7 Å². The van der Waals surface area contributed by atoms with E-state index in [-0.39, 0.29) is 11.2 Å². The van der Waals surface area contributed by atoms with Crippen LogP contribution in [0.2, 0.25) is 0 Å². The van der Waals surface area contributed by atoms with Gasteiger partial charge in [0.1, 0.15) is 5.82 Å². The predicted molar refractivity (Wildman–Crippen MR) is 116 cm³/mol. The van der Waals surface area contributed by atoms with Crippen molar-refractivity contribution in [3.05, 3.63) is 36.0 Å². The lowest BCUT2D eigenvalue weighted by atomic mass is 9.80. The minimum atomic E-state index is -2.74. The Morgan fingerprint density at radius 3 is 2.45 bits per heavy atom. The van der Waals surface area contributed by atoms with E-state index in [4.69, 9.17) is 5.10 Å². The first-order valence-corrected chi connectivity index (χ1v) is 13.3. The minimum absolute atomic E-state index is 0.0924. The van der Waals surface area contributed by atoms with E-state index in [9.17, 15) is 12.8 Å². The Hall–Kier alpha value is -1.80. The van der Waals surface area contributed by atoms with Crippen LogP contribution in [0.5, 0.6) is 0 Å². The van der Waals surface area contributed by atoms with Crippen LogP contribution in [0.4, 0.5) is 4.39 Å². The molecule has 1 spiro atoms. The molecule has 2 saturated heterocycles. The molecule has 6 rings (SSSR count). The van der Waals surface area contributed by atoms with Crippen LogP contribution in [-0.4, -0.2) is 58.7 Å². The Morgan fingerprint density at radius 2 is 1.84 bits per heavy atom. The van der Waals surface area contributed by atoms with Crippen molar-refractivity contribution >= 4 is 9.84 Å². The maximum atomic E-state index is 13.6. The molecule has 31 heavy (non-hydrogen) atoms. The fourth-order valence-corrected chi connectivity index (χ4v) is 9.10. The summed E-state index contributed by atoms with van der Waals surface area (Å²) in [4.78, 5) is 6.60. The van der Waals surface area contributed by atoms with Gasteiger partial charge in [-0.3, -0.25) is 9.67 Å². The molecule has 4 fully saturated rings. The predicted octanol–water partition coefficient (Wildman–Crippen LogP) is 3.11. The number of halogens is 1. The molecule has 2 aliphatic carbocycles. The number of pyridine rings is 1. The highest BCUT2D eigenvalue weighted by Crippen LogP contribution is 2.64. The highest BCUT2D eigenvalue weighted by Gasteiger charge is 2.59. The van der Waals surface area contributed by atoms with E-state index in [0.29, 0.717) is 35.3 Å². The van der Waals surface area contributed by atoms with Crippen LogP contribution in [0.15, 0.2) is 24.5 Å². The summed E-state index contributed by atoms with van der Waals surface area (Å²) in [6.45, 7) is 5.02. The first-order valence-electron chi connectivity index (χ1n) is 11.5. The first-order chi connectivity index (χ1) is 14.9. The Balaban J connectivity index is 1.11. The molecule has 166 valence electrons. The number of aromatic nitrogens is 3. The lowest BCUT2D eigenvalue weighted by molar-refractivity contribution is 0.0852. The zero-order valence-electron chi connectivity index (χ0n) is 17.9. The van der Waals surface area contributed by atoms with Gasteiger partial charge in [-0.2, -0.15) is 5.10 Å². The second-order valence-electron chi connectivity index (χ2n) is 10.2. The Labute approximate surface area is 182 Å². The Morgan fingerprint density at radius 1 is 1.13 bits per heavy atom. The molecule has 0 aromatic carbocycles. The monoisotopic (exact) mass is 444 g/mol. The molecule has 6 nitrogen and oxygen atoms in total. The van der Waals surface area contributed by atoms with Gasteiger partial charge >= 0.3 is 0 Å². The standard InChI is InChI=1S/C23H29FN4O2S/c1-2-28-21(10-20(26-28)15-7-16(24)12-25-11-15)22-18-8-17(9-19(18)22)27-5-3-23(4-6-27)13-31(29,30)14-23/h7,10-12,17-19,22H,2-6,8-9,13-14H2,1H3/t17?,18-,19?,22?/m1/s1. The molecule has 4 heterocycles. The van der Waals surface area contributed by atoms with Crippen LogP contribution in [0.1, 0.15) is 44.2 Å². The number of hydrogen-bond acceptors (Lipinski definition) is 5. The number of rotatable bonds is 4. The van der Waals surface area contributed by atoms with Gasteiger partial charge in [0.15, 0.2) is 9.84 Å². The minimum Gasteiger partial charge on any atom is -0.300 e. The largest absolute Gasteiger partial charge is 0.300 e. The third kappa shape index (κ3) is 3.33. The number of fused-ring (bicyclic) bond motifs is 1. The van der Waals surface area contributed by atoms with Crippen molar-refractivity contribution in [3.63, 3.8) is 0 Å². The number of hydrogen-bond donors (Lipinski definition) is 0. The van der Waals surface area contributed by atoms with Crippen LogP contribution in [0, 0.1) is 23.1 Å². The first kappa shape index (κ1) is 19.9. The number of aryl methyl sites for hydroxylation is 1. The van der Waals surface area contributed by atoms with E-state index in [1.165, 1.54) is 30.8 Å². The highest BCUT2D eigenvalue weighted by molar-refractivity contribution is 7.92. The number of sulfone groups is 1. The van der Waals surface area contributed by atoms with Crippen molar-refractivity contribution in [2.75, 3.05) is 24.6 Å². The summed E-state index contributed by atoms with van der Waals surface area (Å²) in [5.41, 5.74) is 2.92. The second kappa shape index (κ2) is 6.85. The third-order valence-electron chi connectivity index (χ3n) is 8.30.